The van der Waals surface area contributed by atoms with Crippen molar-refractivity contribution in [1.29, 1.82) is 0 Å². The molecule has 0 spiro atoms. The summed E-state index contributed by atoms with van der Waals surface area (Å²) >= 11 is 0. The molecule has 0 aliphatic carbocycles. The van der Waals surface area contributed by atoms with Crippen molar-refractivity contribution < 1.29 is 16.3 Å². The molecular weight excluding hydrogens is 536 g/mol. The van der Waals surface area contributed by atoms with Gasteiger partial charge in [0.25, 0.3) is 5.91 Å². The van der Waals surface area contributed by atoms with Crippen LogP contribution >= 0.6 is 0 Å². The zero-order valence-corrected chi connectivity index (χ0v) is 24.0. The summed E-state index contributed by atoms with van der Waals surface area (Å²) in [7, 11) is 0. The number of nitrogens with zero attached hydrogens (tertiary/aromatic N) is 5. The van der Waals surface area contributed by atoms with Gasteiger partial charge in [-0.3, -0.25) is 14.3 Å². The van der Waals surface area contributed by atoms with Crippen LogP contribution in [0.5, 0.6) is 0 Å². The number of amides is 1. The average molecular weight is 572 g/mol. The average Bonchev–Trinajstić information content (AvgIpc) is 2.96. The molecule has 216 valence electrons. The number of hydrogen-bond acceptors (Lipinski definition) is 5. The molecular formula is C33H33F2N5O2. The Bertz CT molecular complexity index is 1880. The van der Waals surface area contributed by atoms with Crippen LogP contribution in [-0.2, 0) is 4.79 Å². The largest absolute Gasteiger partial charge is 0.354 e. The second-order valence-electron chi connectivity index (χ2n) is 10.8. The lowest BCUT2D eigenvalue weighted by Crippen LogP contribution is -2.54. The van der Waals surface area contributed by atoms with Crippen molar-refractivity contribution in [3.63, 3.8) is 0 Å². The lowest BCUT2D eigenvalue weighted by atomic mass is 9.97. The Kier molecular flexibility index (Phi) is 7.07. The molecule has 0 radical (unpaired) electrons. The number of halogens is 2. The summed E-state index contributed by atoms with van der Waals surface area (Å²) in [5.74, 6) is -2.20. The lowest BCUT2D eigenvalue weighted by molar-refractivity contribution is -0.129. The summed E-state index contributed by atoms with van der Waals surface area (Å²) in [6.45, 7) is 10.9. The van der Waals surface area contributed by atoms with E-state index in [9.17, 15) is 14.0 Å². The molecule has 4 aromatic rings. The molecule has 9 heteroatoms. The van der Waals surface area contributed by atoms with Gasteiger partial charge in [0.1, 0.15) is 11.6 Å². The quantitative estimate of drug-likeness (QED) is 0.259. The van der Waals surface area contributed by atoms with Crippen LogP contribution in [0.3, 0.4) is 0 Å². The SMILES string of the molecule is [2H]C([2H])=Cc1ccccc1-c1cc2c(cc1F)c(N1CCN(C(=O)C(=C)F)C[C@@H]1C)nc(=O)n2-c1c(C)ccnc1C(C)C. The van der Waals surface area contributed by atoms with Crippen LogP contribution in [0.1, 0.15) is 46.3 Å². The van der Waals surface area contributed by atoms with Gasteiger partial charge in [-0.15, -0.1) is 0 Å². The Labute approximate surface area is 246 Å². The molecule has 1 aliphatic rings. The van der Waals surface area contributed by atoms with Gasteiger partial charge < -0.3 is 9.80 Å². The van der Waals surface area contributed by atoms with E-state index in [1.807, 2.05) is 32.6 Å². The number of carbonyl (C=O) groups excluding carboxylic acids is 1. The number of hydrogen-bond donors (Lipinski definition) is 0. The summed E-state index contributed by atoms with van der Waals surface area (Å²) in [5, 5.41) is 0.375. The van der Waals surface area contributed by atoms with Crippen molar-refractivity contribution in [3.8, 4) is 16.8 Å². The fourth-order valence-electron chi connectivity index (χ4n) is 5.65. The highest BCUT2D eigenvalue weighted by Gasteiger charge is 2.31. The number of aryl methyl sites for hydroxylation is 1. The van der Waals surface area contributed by atoms with E-state index in [1.165, 1.54) is 21.6 Å². The summed E-state index contributed by atoms with van der Waals surface area (Å²) < 4.78 is 46.6. The number of rotatable bonds is 6. The molecule has 0 saturated carbocycles. The van der Waals surface area contributed by atoms with Crippen molar-refractivity contribution in [2.45, 2.75) is 39.7 Å². The van der Waals surface area contributed by atoms with E-state index in [1.54, 1.807) is 42.6 Å². The molecule has 5 rings (SSSR count). The van der Waals surface area contributed by atoms with Crippen molar-refractivity contribution >= 4 is 28.7 Å². The fraction of sp³-hybridized carbons (Fsp3) is 0.273. The van der Waals surface area contributed by atoms with Crippen LogP contribution in [0.2, 0.25) is 0 Å². The van der Waals surface area contributed by atoms with E-state index in [2.05, 4.69) is 16.5 Å². The molecule has 2 aromatic carbocycles. The number of anilines is 1. The standard InChI is InChI=1S/C33H33F2N5O2/c1-7-23-10-8-9-11-24(23)25-17-28-26(16-27(25)35)31(39-15-14-38(18-21(39)5)32(41)22(6)34)37-33(42)40(28)30-20(4)12-13-36-29(30)19(2)3/h7-13,16-17,19,21H,1,6,14-15,18H2,2-5H3/t21-/m0/s1/i1D2. The van der Waals surface area contributed by atoms with E-state index in [4.69, 9.17) is 2.74 Å². The minimum Gasteiger partial charge on any atom is -0.350 e. The molecule has 2 aromatic heterocycles. The van der Waals surface area contributed by atoms with Gasteiger partial charge >= 0.3 is 5.69 Å². The number of pyridine rings is 1. The zero-order valence-electron chi connectivity index (χ0n) is 26.0. The van der Waals surface area contributed by atoms with E-state index >= 15 is 4.39 Å². The van der Waals surface area contributed by atoms with Gasteiger partial charge in [-0.2, -0.15) is 4.98 Å². The van der Waals surface area contributed by atoms with Crippen LogP contribution in [0.25, 0.3) is 33.8 Å². The Morgan fingerprint density at radius 1 is 1.19 bits per heavy atom. The van der Waals surface area contributed by atoms with Gasteiger partial charge in [0.2, 0.25) is 0 Å². The Morgan fingerprint density at radius 2 is 1.95 bits per heavy atom. The lowest BCUT2D eigenvalue weighted by Gasteiger charge is -2.40. The van der Waals surface area contributed by atoms with Crippen molar-refractivity contribution in [3.05, 3.63) is 101 Å². The maximum Gasteiger partial charge on any atom is 0.354 e. The van der Waals surface area contributed by atoms with Crippen LogP contribution in [0, 0.1) is 12.7 Å². The normalized spacial score (nSPS) is 15.9. The Morgan fingerprint density at radius 3 is 2.64 bits per heavy atom. The second kappa shape index (κ2) is 11.3. The summed E-state index contributed by atoms with van der Waals surface area (Å²) in [5.41, 5.74) is 2.97. The summed E-state index contributed by atoms with van der Waals surface area (Å²) in [4.78, 5) is 38.6. The van der Waals surface area contributed by atoms with Crippen molar-refractivity contribution in [2.24, 2.45) is 0 Å². The van der Waals surface area contributed by atoms with Gasteiger partial charge in [0.05, 0.1) is 19.6 Å². The number of benzene rings is 2. The first-order chi connectivity index (χ1) is 20.9. The highest BCUT2D eigenvalue weighted by Crippen LogP contribution is 2.36. The van der Waals surface area contributed by atoms with E-state index in [0.717, 1.165) is 5.56 Å². The minimum absolute atomic E-state index is 0.0410. The van der Waals surface area contributed by atoms with Crippen molar-refractivity contribution in [2.75, 3.05) is 24.5 Å². The molecule has 3 heterocycles. The first-order valence-corrected chi connectivity index (χ1v) is 13.8. The molecule has 0 bridgehead atoms. The number of aromatic nitrogens is 3. The van der Waals surface area contributed by atoms with E-state index in [-0.39, 0.29) is 43.0 Å². The van der Waals surface area contributed by atoms with Gasteiger partial charge in [-0.25, -0.2) is 13.6 Å². The summed E-state index contributed by atoms with van der Waals surface area (Å²) in [6.07, 6.45) is 3.02. The predicted molar refractivity (Wildman–Crippen MR) is 163 cm³/mol. The highest BCUT2D eigenvalue weighted by atomic mass is 19.1. The molecule has 42 heavy (non-hydrogen) atoms. The predicted octanol–water partition coefficient (Wildman–Crippen LogP) is 6.18. The third-order valence-corrected chi connectivity index (χ3v) is 7.71. The van der Waals surface area contributed by atoms with Gasteiger partial charge in [-0.05, 0) is 54.7 Å². The molecule has 1 fully saturated rings. The maximum atomic E-state index is 16.2. The van der Waals surface area contributed by atoms with Crippen LogP contribution in [0.15, 0.2) is 72.4 Å². The van der Waals surface area contributed by atoms with Gasteiger partial charge in [0.15, 0.2) is 5.83 Å². The number of carbonyl (C=O) groups is 1. The number of piperazine rings is 1. The zero-order chi connectivity index (χ0) is 31.9. The summed E-state index contributed by atoms with van der Waals surface area (Å²) in [6, 6.07) is 11.3. The Balaban J connectivity index is 1.81. The third-order valence-electron chi connectivity index (χ3n) is 7.71. The molecule has 1 saturated heterocycles. The molecule has 1 atom stereocenters. The molecule has 1 amide bonds. The highest BCUT2D eigenvalue weighted by molar-refractivity contribution is 5.95. The minimum atomic E-state index is -1.04. The van der Waals surface area contributed by atoms with E-state index < -0.39 is 29.8 Å². The second-order valence-corrected chi connectivity index (χ2v) is 10.8. The van der Waals surface area contributed by atoms with Crippen LogP contribution in [0.4, 0.5) is 14.6 Å². The van der Waals surface area contributed by atoms with Gasteiger partial charge in [-0.1, -0.05) is 57.3 Å². The molecule has 0 unspecified atom stereocenters. The first kappa shape index (κ1) is 26.3. The van der Waals surface area contributed by atoms with Crippen molar-refractivity contribution in [1.82, 2.24) is 19.4 Å². The molecule has 0 N–H and O–H groups in total. The smallest absolute Gasteiger partial charge is 0.350 e. The number of fused-ring (bicyclic) bond motifs is 1. The molecule has 1 aliphatic heterocycles. The fourth-order valence-corrected chi connectivity index (χ4v) is 5.65. The third kappa shape index (κ3) is 5.00. The Hall–Kier alpha value is -4.66. The van der Waals surface area contributed by atoms with Gasteiger partial charge in [0, 0.05) is 42.8 Å². The van der Waals surface area contributed by atoms with E-state index in [0.29, 0.717) is 33.4 Å². The van der Waals surface area contributed by atoms with Crippen LogP contribution in [-0.4, -0.2) is 51.0 Å². The first-order valence-electron chi connectivity index (χ1n) is 14.8. The molecule has 7 nitrogen and oxygen atoms in total. The topological polar surface area (TPSA) is 71.3 Å². The monoisotopic (exact) mass is 571 g/mol. The van der Waals surface area contributed by atoms with Crippen LogP contribution < -0.4 is 10.6 Å². The maximum absolute atomic E-state index is 16.2.